The number of carbonyl (C=O) groups is 2. The van der Waals surface area contributed by atoms with Gasteiger partial charge in [0.2, 0.25) is 0 Å². The Morgan fingerprint density at radius 1 is 1.35 bits per heavy atom. The van der Waals surface area contributed by atoms with Crippen molar-refractivity contribution in [3.8, 4) is 0 Å². The van der Waals surface area contributed by atoms with Crippen molar-refractivity contribution in [2.75, 3.05) is 6.61 Å². The van der Waals surface area contributed by atoms with Gasteiger partial charge in [0.25, 0.3) is 5.91 Å². The summed E-state index contributed by atoms with van der Waals surface area (Å²) >= 11 is 3.37. The number of rotatable bonds is 5. The number of ether oxygens (including phenoxy) is 1. The zero-order valence-electron chi connectivity index (χ0n) is 13.3. The molecule has 0 spiro atoms. The Bertz CT molecular complexity index is 585. The molecule has 1 aromatic rings. The van der Waals surface area contributed by atoms with Crippen LogP contribution < -0.4 is 5.32 Å². The van der Waals surface area contributed by atoms with Crippen LogP contribution in [0, 0.1) is 5.92 Å². The lowest BCUT2D eigenvalue weighted by molar-refractivity contribution is -0.144. The summed E-state index contributed by atoms with van der Waals surface area (Å²) in [7, 11) is 0. The molecular weight excluding hydrogens is 358 g/mol. The molecule has 1 saturated carbocycles. The number of carbonyl (C=O) groups excluding carboxylic acids is 2. The smallest absolute Gasteiger partial charge is 0.331 e. The van der Waals surface area contributed by atoms with Gasteiger partial charge in [-0.1, -0.05) is 47.8 Å². The summed E-state index contributed by atoms with van der Waals surface area (Å²) in [4.78, 5) is 23.5. The number of hydrogen-bond acceptors (Lipinski definition) is 3. The van der Waals surface area contributed by atoms with Crippen molar-refractivity contribution >= 4 is 33.9 Å². The van der Waals surface area contributed by atoms with Gasteiger partial charge >= 0.3 is 5.97 Å². The van der Waals surface area contributed by atoms with Crippen LogP contribution in [0.2, 0.25) is 0 Å². The summed E-state index contributed by atoms with van der Waals surface area (Å²) < 4.78 is 5.92. The Labute approximate surface area is 145 Å². The third kappa shape index (κ3) is 6.18. The number of hydrogen-bond donors (Lipinski definition) is 1. The average molecular weight is 380 g/mol. The molecular formula is C18H22BrNO3. The minimum absolute atomic E-state index is 0.201. The number of benzene rings is 1. The van der Waals surface area contributed by atoms with Gasteiger partial charge in [-0.05, 0) is 42.5 Å². The Morgan fingerprint density at radius 2 is 2.13 bits per heavy atom. The predicted molar refractivity (Wildman–Crippen MR) is 93.7 cm³/mol. The van der Waals surface area contributed by atoms with E-state index >= 15 is 0 Å². The molecule has 23 heavy (non-hydrogen) atoms. The van der Waals surface area contributed by atoms with Gasteiger partial charge in [0.05, 0.1) is 0 Å². The fraction of sp³-hybridized carbons (Fsp3) is 0.444. The van der Waals surface area contributed by atoms with E-state index < -0.39 is 5.97 Å². The molecule has 0 bridgehead atoms. The summed E-state index contributed by atoms with van der Waals surface area (Å²) in [5.74, 6) is -0.260. The maximum absolute atomic E-state index is 11.9. The van der Waals surface area contributed by atoms with Crippen LogP contribution in [-0.2, 0) is 14.3 Å². The molecule has 4 nitrogen and oxygen atoms in total. The Morgan fingerprint density at radius 3 is 2.87 bits per heavy atom. The van der Waals surface area contributed by atoms with Crippen molar-refractivity contribution < 1.29 is 14.3 Å². The maximum Gasteiger partial charge on any atom is 0.331 e. The van der Waals surface area contributed by atoms with Gasteiger partial charge in [-0.2, -0.15) is 0 Å². The first-order valence-electron chi connectivity index (χ1n) is 7.94. The first kappa shape index (κ1) is 17.7. The molecule has 1 aromatic carbocycles. The van der Waals surface area contributed by atoms with E-state index in [2.05, 4.69) is 28.2 Å². The normalized spacial score (nSPS) is 21.1. The second kappa shape index (κ2) is 8.87. The van der Waals surface area contributed by atoms with Crippen molar-refractivity contribution in [2.45, 2.75) is 38.6 Å². The summed E-state index contributed by atoms with van der Waals surface area (Å²) in [6.07, 6.45) is 7.50. The van der Waals surface area contributed by atoms with Crippen molar-refractivity contribution in [1.82, 2.24) is 5.32 Å². The van der Waals surface area contributed by atoms with Crippen LogP contribution in [0.5, 0.6) is 0 Å². The molecule has 5 heteroatoms. The third-order valence-corrected chi connectivity index (χ3v) is 4.56. The Hall–Kier alpha value is -1.62. The van der Waals surface area contributed by atoms with Crippen LogP contribution >= 0.6 is 15.9 Å². The molecule has 0 aromatic heterocycles. The minimum Gasteiger partial charge on any atom is -0.452 e. The second-order valence-electron chi connectivity index (χ2n) is 5.93. The monoisotopic (exact) mass is 379 g/mol. The second-order valence-corrected chi connectivity index (χ2v) is 6.85. The third-order valence-electron chi connectivity index (χ3n) is 4.06. The van der Waals surface area contributed by atoms with Gasteiger partial charge in [-0.3, -0.25) is 4.79 Å². The van der Waals surface area contributed by atoms with Gasteiger partial charge < -0.3 is 10.1 Å². The lowest BCUT2D eigenvalue weighted by Gasteiger charge is -2.29. The van der Waals surface area contributed by atoms with Crippen LogP contribution in [0.1, 0.15) is 38.2 Å². The van der Waals surface area contributed by atoms with Gasteiger partial charge in [-0.25, -0.2) is 4.79 Å². The Balaban J connectivity index is 1.74. The predicted octanol–water partition coefficient (Wildman–Crippen LogP) is 3.70. The number of amides is 1. The molecule has 0 aliphatic heterocycles. The highest BCUT2D eigenvalue weighted by Crippen LogP contribution is 2.23. The average Bonchev–Trinajstić information content (AvgIpc) is 2.53. The van der Waals surface area contributed by atoms with Gasteiger partial charge in [0, 0.05) is 16.6 Å². The fourth-order valence-electron chi connectivity index (χ4n) is 2.74. The van der Waals surface area contributed by atoms with E-state index in [9.17, 15) is 9.59 Å². The van der Waals surface area contributed by atoms with Crippen molar-refractivity contribution in [1.29, 1.82) is 0 Å². The molecule has 0 heterocycles. The lowest BCUT2D eigenvalue weighted by atomic mass is 9.86. The highest BCUT2D eigenvalue weighted by Gasteiger charge is 2.22. The van der Waals surface area contributed by atoms with Crippen molar-refractivity contribution in [3.05, 3.63) is 40.4 Å². The van der Waals surface area contributed by atoms with E-state index in [-0.39, 0.29) is 18.6 Å². The molecule has 1 amide bonds. The molecule has 1 aliphatic rings. The maximum atomic E-state index is 11.9. The van der Waals surface area contributed by atoms with E-state index in [1.807, 2.05) is 24.3 Å². The summed E-state index contributed by atoms with van der Waals surface area (Å²) in [5, 5.41) is 2.96. The SMILES string of the molecule is C[C@H]1CCCC[C@@H]1NC(=O)COC(=O)/C=C/c1cccc(Br)c1. The molecule has 0 radical (unpaired) electrons. The Kier molecular flexibility index (Phi) is 6.84. The van der Waals surface area contributed by atoms with Crippen molar-refractivity contribution in [2.24, 2.45) is 5.92 Å². The van der Waals surface area contributed by atoms with Crippen LogP contribution in [0.15, 0.2) is 34.8 Å². The molecule has 0 unspecified atom stereocenters. The molecule has 1 fully saturated rings. The van der Waals surface area contributed by atoms with Gasteiger partial charge in [0.1, 0.15) is 0 Å². The van der Waals surface area contributed by atoms with Crippen LogP contribution in [0.3, 0.4) is 0 Å². The zero-order chi connectivity index (χ0) is 16.7. The standard InChI is InChI=1S/C18H22BrNO3/c1-13-5-2-3-8-16(13)20-17(21)12-23-18(22)10-9-14-6-4-7-15(19)11-14/h4,6-7,9-11,13,16H,2-3,5,8,12H2,1H3,(H,20,21)/b10-9+/t13-,16-/m0/s1. The molecule has 2 rings (SSSR count). The zero-order valence-corrected chi connectivity index (χ0v) is 14.8. The molecule has 1 aliphatic carbocycles. The minimum atomic E-state index is -0.517. The van der Waals surface area contributed by atoms with Crippen LogP contribution in [0.4, 0.5) is 0 Å². The van der Waals surface area contributed by atoms with E-state index in [1.54, 1.807) is 6.08 Å². The number of esters is 1. The topological polar surface area (TPSA) is 55.4 Å². The quantitative estimate of drug-likeness (QED) is 0.626. The van der Waals surface area contributed by atoms with E-state index in [0.717, 1.165) is 29.3 Å². The lowest BCUT2D eigenvalue weighted by Crippen LogP contribution is -2.42. The number of nitrogens with one attached hydrogen (secondary N) is 1. The molecule has 0 saturated heterocycles. The van der Waals surface area contributed by atoms with E-state index in [4.69, 9.17) is 4.74 Å². The van der Waals surface area contributed by atoms with E-state index in [1.165, 1.54) is 12.5 Å². The largest absolute Gasteiger partial charge is 0.452 e. The van der Waals surface area contributed by atoms with Gasteiger partial charge in [0.15, 0.2) is 6.61 Å². The van der Waals surface area contributed by atoms with Crippen LogP contribution in [-0.4, -0.2) is 24.5 Å². The highest BCUT2D eigenvalue weighted by atomic mass is 79.9. The first-order valence-corrected chi connectivity index (χ1v) is 8.73. The molecule has 124 valence electrons. The summed E-state index contributed by atoms with van der Waals surface area (Å²) in [5.41, 5.74) is 0.886. The first-order chi connectivity index (χ1) is 11.0. The highest BCUT2D eigenvalue weighted by molar-refractivity contribution is 9.10. The van der Waals surface area contributed by atoms with Crippen LogP contribution in [0.25, 0.3) is 6.08 Å². The van der Waals surface area contributed by atoms with Crippen molar-refractivity contribution in [3.63, 3.8) is 0 Å². The molecule has 1 N–H and O–H groups in total. The summed E-state index contributed by atoms with van der Waals surface area (Å²) in [6, 6.07) is 7.76. The molecule has 2 atom stereocenters. The fourth-order valence-corrected chi connectivity index (χ4v) is 3.16. The number of halogens is 1. The summed E-state index contributed by atoms with van der Waals surface area (Å²) in [6.45, 7) is 1.92. The van der Waals surface area contributed by atoms with E-state index in [0.29, 0.717) is 5.92 Å². The van der Waals surface area contributed by atoms with Gasteiger partial charge in [-0.15, -0.1) is 0 Å².